The highest BCUT2D eigenvalue weighted by Crippen LogP contribution is 2.42. The monoisotopic (exact) mass is 324 g/mol. The van der Waals surface area contributed by atoms with E-state index in [1.165, 1.54) is 10.3 Å². The van der Waals surface area contributed by atoms with Crippen LogP contribution < -0.4 is 0 Å². The number of phenolic OH excluding ortho intramolecular Hbond substituents is 1. The lowest BCUT2D eigenvalue weighted by atomic mass is 9.79. The van der Waals surface area contributed by atoms with Crippen molar-refractivity contribution in [1.29, 1.82) is 0 Å². The molecular formula is C18H32OSSi. The van der Waals surface area contributed by atoms with Crippen molar-refractivity contribution in [2.24, 2.45) is 0 Å². The van der Waals surface area contributed by atoms with Crippen LogP contribution in [0.4, 0.5) is 0 Å². The Bertz CT molecular complexity index is 466. The van der Waals surface area contributed by atoms with Gasteiger partial charge in [-0.2, -0.15) is 0 Å². The SMILES string of the molecule is CC(C)(C)c1cc(SC[Si](C)(C)C)cc(C(C)(C)C)c1O. The number of hydrogen-bond donors (Lipinski definition) is 1. The van der Waals surface area contributed by atoms with E-state index in [-0.39, 0.29) is 10.8 Å². The fourth-order valence-electron chi connectivity index (χ4n) is 2.13. The zero-order valence-electron chi connectivity index (χ0n) is 15.2. The molecule has 3 heteroatoms. The normalized spacial score (nSPS) is 13.6. The highest BCUT2D eigenvalue weighted by atomic mass is 32.2. The lowest BCUT2D eigenvalue weighted by molar-refractivity contribution is 0.422. The Morgan fingerprint density at radius 3 is 1.57 bits per heavy atom. The molecule has 1 aromatic carbocycles. The van der Waals surface area contributed by atoms with Crippen molar-refractivity contribution in [3.05, 3.63) is 23.3 Å². The summed E-state index contributed by atoms with van der Waals surface area (Å²) in [6, 6.07) is 4.38. The quantitative estimate of drug-likeness (QED) is 0.547. The fraction of sp³-hybridized carbons (Fsp3) is 0.667. The van der Waals surface area contributed by atoms with E-state index < -0.39 is 8.07 Å². The third-order valence-corrected chi connectivity index (χ3v) is 7.98. The Kier molecular flexibility index (Phi) is 5.32. The van der Waals surface area contributed by atoms with E-state index in [2.05, 4.69) is 73.3 Å². The summed E-state index contributed by atoms with van der Waals surface area (Å²) in [5.74, 6) is 0.479. The van der Waals surface area contributed by atoms with Crippen molar-refractivity contribution in [3.8, 4) is 5.75 Å². The molecule has 0 amide bonds. The largest absolute Gasteiger partial charge is 0.507 e. The van der Waals surface area contributed by atoms with Crippen LogP contribution in [0.5, 0.6) is 5.75 Å². The summed E-state index contributed by atoms with van der Waals surface area (Å²) in [5, 5.41) is 11.9. The number of hydrogen-bond acceptors (Lipinski definition) is 2. The van der Waals surface area contributed by atoms with E-state index in [1.54, 1.807) is 0 Å². The average Bonchev–Trinajstić information content (AvgIpc) is 2.23. The van der Waals surface area contributed by atoms with Crippen LogP contribution in [0.25, 0.3) is 0 Å². The molecule has 0 atom stereocenters. The van der Waals surface area contributed by atoms with Gasteiger partial charge in [-0.15, -0.1) is 11.8 Å². The zero-order chi connectivity index (χ0) is 16.6. The molecule has 1 aromatic rings. The molecule has 0 aromatic heterocycles. The predicted octanol–water partition coefficient (Wildman–Crippen LogP) is 5.96. The van der Waals surface area contributed by atoms with E-state index in [4.69, 9.17) is 0 Å². The highest BCUT2D eigenvalue weighted by Gasteiger charge is 2.27. The van der Waals surface area contributed by atoms with Gasteiger partial charge in [0.15, 0.2) is 0 Å². The molecule has 0 bridgehead atoms. The molecule has 0 fully saturated rings. The lowest BCUT2D eigenvalue weighted by Gasteiger charge is -2.28. The molecule has 0 aliphatic carbocycles. The summed E-state index contributed by atoms with van der Waals surface area (Å²) in [5.41, 5.74) is 2.04. The smallest absolute Gasteiger partial charge is 0.123 e. The zero-order valence-corrected chi connectivity index (χ0v) is 17.0. The van der Waals surface area contributed by atoms with Crippen molar-refractivity contribution >= 4 is 19.8 Å². The summed E-state index contributed by atoms with van der Waals surface area (Å²) in [7, 11) is -1.08. The van der Waals surface area contributed by atoms with E-state index >= 15 is 0 Å². The summed E-state index contributed by atoms with van der Waals surface area (Å²) < 4.78 is 0. The van der Waals surface area contributed by atoms with Crippen molar-refractivity contribution in [1.82, 2.24) is 0 Å². The number of aromatic hydroxyl groups is 1. The Labute approximate surface area is 136 Å². The molecule has 0 spiro atoms. The molecule has 0 radical (unpaired) electrons. The van der Waals surface area contributed by atoms with Gasteiger partial charge < -0.3 is 5.11 Å². The highest BCUT2D eigenvalue weighted by molar-refractivity contribution is 8.01. The minimum atomic E-state index is -1.08. The van der Waals surface area contributed by atoms with Crippen LogP contribution in [0.3, 0.4) is 0 Å². The Morgan fingerprint density at radius 2 is 1.29 bits per heavy atom. The number of phenols is 1. The van der Waals surface area contributed by atoms with Gasteiger partial charge in [-0.25, -0.2) is 0 Å². The molecule has 1 N–H and O–H groups in total. The summed E-state index contributed by atoms with van der Waals surface area (Å²) in [6.07, 6.45) is 0. The Balaban J connectivity index is 3.34. The third-order valence-electron chi connectivity index (χ3n) is 3.37. The molecule has 0 saturated heterocycles. The minimum absolute atomic E-state index is 0.0419. The molecule has 0 unspecified atom stereocenters. The van der Waals surface area contributed by atoms with E-state index in [0.717, 1.165) is 11.1 Å². The standard InChI is InChI=1S/C18H32OSSi/c1-17(2,3)14-10-13(20-12-21(7,8)9)11-15(16(14)19)18(4,5)6/h10-11,19H,12H2,1-9H3. The van der Waals surface area contributed by atoms with E-state index in [1.807, 2.05) is 11.8 Å². The number of rotatable bonds is 3. The van der Waals surface area contributed by atoms with Gasteiger partial charge in [0.05, 0.1) is 8.07 Å². The summed E-state index contributed by atoms with van der Waals surface area (Å²) in [4.78, 5) is 1.30. The van der Waals surface area contributed by atoms with Gasteiger partial charge in [0.2, 0.25) is 0 Å². The first-order chi connectivity index (χ1) is 9.22. The van der Waals surface area contributed by atoms with Gasteiger partial charge in [-0.3, -0.25) is 0 Å². The van der Waals surface area contributed by atoms with Crippen molar-refractivity contribution in [2.75, 3.05) is 5.38 Å². The minimum Gasteiger partial charge on any atom is -0.507 e. The van der Waals surface area contributed by atoms with Gasteiger partial charge in [-0.1, -0.05) is 61.2 Å². The Hall–Kier alpha value is -0.413. The Morgan fingerprint density at radius 1 is 0.905 bits per heavy atom. The molecule has 0 heterocycles. The topological polar surface area (TPSA) is 20.2 Å². The van der Waals surface area contributed by atoms with Gasteiger partial charge in [0, 0.05) is 16.0 Å². The third kappa shape index (κ3) is 5.37. The first-order valence-electron chi connectivity index (χ1n) is 7.72. The summed E-state index contributed by atoms with van der Waals surface area (Å²) in [6.45, 7) is 20.2. The molecule has 0 aliphatic heterocycles. The van der Waals surface area contributed by atoms with Crippen LogP contribution >= 0.6 is 11.8 Å². The molecule has 1 nitrogen and oxygen atoms in total. The molecule has 21 heavy (non-hydrogen) atoms. The van der Waals surface area contributed by atoms with Crippen molar-refractivity contribution in [2.45, 2.75) is 76.9 Å². The van der Waals surface area contributed by atoms with Crippen LogP contribution in [-0.2, 0) is 10.8 Å². The van der Waals surface area contributed by atoms with Crippen LogP contribution in [-0.4, -0.2) is 18.6 Å². The van der Waals surface area contributed by atoms with Gasteiger partial charge in [0.1, 0.15) is 5.75 Å². The van der Waals surface area contributed by atoms with E-state index in [9.17, 15) is 5.11 Å². The maximum absolute atomic E-state index is 10.7. The van der Waals surface area contributed by atoms with Gasteiger partial charge >= 0.3 is 0 Å². The second kappa shape index (κ2) is 6.00. The molecule has 120 valence electrons. The molecule has 1 rings (SSSR count). The van der Waals surface area contributed by atoms with Gasteiger partial charge in [0.25, 0.3) is 0 Å². The van der Waals surface area contributed by atoms with Crippen LogP contribution in [0, 0.1) is 0 Å². The van der Waals surface area contributed by atoms with Crippen LogP contribution in [0.15, 0.2) is 17.0 Å². The fourth-order valence-corrected chi connectivity index (χ4v) is 4.94. The average molecular weight is 325 g/mol. The molecule has 0 aliphatic rings. The first-order valence-corrected chi connectivity index (χ1v) is 12.4. The number of thioether (sulfide) groups is 1. The molecule has 0 saturated carbocycles. The van der Waals surface area contributed by atoms with Crippen LogP contribution in [0.1, 0.15) is 52.7 Å². The van der Waals surface area contributed by atoms with Gasteiger partial charge in [-0.05, 0) is 28.3 Å². The maximum Gasteiger partial charge on any atom is 0.123 e. The number of benzene rings is 1. The summed E-state index contributed by atoms with van der Waals surface area (Å²) >= 11 is 1.95. The molecular weight excluding hydrogens is 292 g/mol. The van der Waals surface area contributed by atoms with Crippen molar-refractivity contribution < 1.29 is 5.11 Å². The van der Waals surface area contributed by atoms with E-state index in [0.29, 0.717) is 5.75 Å². The maximum atomic E-state index is 10.7. The predicted molar refractivity (Wildman–Crippen MR) is 99.6 cm³/mol. The van der Waals surface area contributed by atoms with Crippen molar-refractivity contribution in [3.63, 3.8) is 0 Å². The lowest BCUT2D eigenvalue weighted by Crippen LogP contribution is -2.24. The second-order valence-electron chi connectivity index (χ2n) is 9.22. The first kappa shape index (κ1) is 18.6. The van der Waals surface area contributed by atoms with Crippen LogP contribution in [0.2, 0.25) is 19.6 Å². The second-order valence-corrected chi connectivity index (χ2v) is 16.3.